The summed E-state index contributed by atoms with van der Waals surface area (Å²) < 4.78 is 26.8. The Morgan fingerprint density at radius 3 is 2.50 bits per heavy atom. The maximum atomic E-state index is 11.2. The Morgan fingerprint density at radius 1 is 1.38 bits per heavy atom. The van der Waals surface area contributed by atoms with Crippen molar-refractivity contribution >= 4 is 21.9 Å². The van der Waals surface area contributed by atoms with E-state index in [0.29, 0.717) is 5.56 Å². The molecule has 0 aromatic heterocycles. The molecule has 0 saturated carbocycles. The molecule has 0 saturated heterocycles. The Balaban J connectivity index is 3.17. The number of aromatic carboxylic acids is 1. The van der Waals surface area contributed by atoms with Crippen LogP contribution in [-0.4, -0.2) is 26.5 Å². The summed E-state index contributed by atoms with van der Waals surface area (Å²) in [7, 11) is -2.37. The smallest absolute Gasteiger partial charge is 0.336 e. The molecule has 88 valence electrons. The van der Waals surface area contributed by atoms with Gasteiger partial charge in [-0.15, -0.1) is 0 Å². The summed E-state index contributed by atoms with van der Waals surface area (Å²) in [5, 5.41) is 8.85. The zero-order valence-electron chi connectivity index (χ0n) is 8.81. The Morgan fingerprint density at radius 2 is 2.00 bits per heavy atom. The van der Waals surface area contributed by atoms with Crippen molar-refractivity contribution in [2.75, 3.05) is 11.8 Å². The Labute approximate surface area is 93.5 Å². The number of rotatable bonds is 4. The first-order chi connectivity index (χ1) is 7.37. The van der Waals surface area contributed by atoms with Gasteiger partial charge in [0.15, 0.2) is 0 Å². The second-order valence-electron chi connectivity index (χ2n) is 3.09. The number of hydrogen-bond acceptors (Lipinski definition) is 3. The number of anilines is 1. The summed E-state index contributed by atoms with van der Waals surface area (Å²) in [6, 6.07) is 4.38. The van der Waals surface area contributed by atoms with Crippen molar-refractivity contribution in [1.82, 2.24) is 4.72 Å². The Bertz CT molecular complexity index is 510. The third-order valence-corrected chi connectivity index (χ3v) is 3.10. The molecular weight excluding hydrogens is 232 g/mol. The van der Waals surface area contributed by atoms with Crippen molar-refractivity contribution < 1.29 is 18.3 Å². The number of hydrogen-bond donors (Lipinski definition) is 3. The van der Waals surface area contributed by atoms with Crippen LogP contribution in [-0.2, 0) is 10.2 Å². The molecule has 0 amide bonds. The number of benzene rings is 1. The number of carbonyl (C=O) groups is 1. The predicted molar refractivity (Wildman–Crippen MR) is 59.7 cm³/mol. The standard InChI is InChI=1S/C9H12N2O4S/c1-6-7(9(12)13)4-3-5-8(6)11-16(14,15)10-2/h3-5,10-11H,1-2H3,(H,12,13). The first-order valence-corrected chi connectivity index (χ1v) is 5.90. The molecule has 6 nitrogen and oxygen atoms in total. The van der Waals surface area contributed by atoms with Gasteiger partial charge in [0, 0.05) is 7.05 Å². The molecule has 0 radical (unpaired) electrons. The highest BCUT2D eigenvalue weighted by atomic mass is 32.2. The van der Waals surface area contributed by atoms with E-state index in [1.165, 1.54) is 32.2 Å². The normalized spacial score (nSPS) is 11.1. The second kappa shape index (κ2) is 4.50. The maximum absolute atomic E-state index is 11.2. The molecule has 0 heterocycles. The van der Waals surface area contributed by atoms with E-state index in [-0.39, 0.29) is 11.3 Å². The van der Waals surface area contributed by atoms with Crippen molar-refractivity contribution in [2.24, 2.45) is 0 Å². The van der Waals surface area contributed by atoms with E-state index < -0.39 is 16.2 Å². The quantitative estimate of drug-likeness (QED) is 0.721. The molecule has 0 aliphatic heterocycles. The monoisotopic (exact) mass is 244 g/mol. The van der Waals surface area contributed by atoms with E-state index in [9.17, 15) is 13.2 Å². The lowest BCUT2D eigenvalue weighted by Crippen LogP contribution is -2.27. The highest BCUT2D eigenvalue weighted by molar-refractivity contribution is 7.90. The van der Waals surface area contributed by atoms with E-state index in [4.69, 9.17) is 5.11 Å². The van der Waals surface area contributed by atoms with Crippen LogP contribution in [0.2, 0.25) is 0 Å². The highest BCUT2D eigenvalue weighted by Gasteiger charge is 2.13. The van der Waals surface area contributed by atoms with Crippen LogP contribution in [0.3, 0.4) is 0 Å². The van der Waals surface area contributed by atoms with Crippen LogP contribution in [0.1, 0.15) is 15.9 Å². The van der Waals surface area contributed by atoms with Gasteiger partial charge in [-0.2, -0.15) is 8.42 Å². The predicted octanol–water partition coefficient (Wildman–Crippen LogP) is 0.569. The fraction of sp³-hybridized carbons (Fsp3) is 0.222. The van der Waals surface area contributed by atoms with Gasteiger partial charge in [-0.05, 0) is 24.6 Å². The van der Waals surface area contributed by atoms with E-state index in [2.05, 4.69) is 9.44 Å². The van der Waals surface area contributed by atoms with E-state index in [1.54, 1.807) is 0 Å². The van der Waals surface area contributed by atoms with Gasteiger partial charge in [0.05, 0.1) is 11.3 Å². The van der Waals surface area contributed by atoms with Crippen molar-refractivity contribution in [3.8, 4) is 0 Å². The summed E-state index contributed by atoms with van der Waals surface area (Å²) in [5.41, 5.74) is 0.680. The van der Waals surface area contributed by atoms with E-state index in [0.717, 1.165) is 0 Å². The molecule has 1 aromatic carbocycles. The molecule has 16 heavy (non-hydrogen) atoms. The molecule has 0 spiro atoms. The molecular formula is C9H12N2O4S. The van der Waals surface area contributed by atoms with Crippen LogP contribution in [0.25, 0.3) is 0 Å². The maximum Gasteiger partial charge on any atom is 0.336 e. The third-order valence-electron chi connectivity index (χ3n) is 2.08. The second-order valence-corrected chi connectivity index (χ2v) is 4.71. The molecule has 1 rings (SSSR count). The van der Waals surface area contributed by atoms with Crippen molar-refractivity contribution in [3.05, 3.63) is 29.3 Å². The zero-order chi connectivity index (χ0) is 12.3. The van der Waals surface area contributed by atoms with Crippen LogP contribution in [0.4, 0.5) is 5.69 Å². The topological polar surface area (TPSA) is 95.5 Å². The molecule has 0 bridgehead atoms. The van der Waals surface area contributed by atoms with Gasteiger partial charge in [0.1, 0.15) is 0 Å². The summed E-state index contributed by atoms with van der Waals surface area (Å²) in [4.78, 5) is 10.8. The fourth-order valence-corrected chi connectivity index (χ4v) is 1.79. The van der Waals surface area contributed by atoms with Gasteiger partial charge in [0.25, 0.3) is 10.2 Å². The molecule has 0 unspecified atom stereocenters. The zero-order valence-corrected chi connectivity index (χ0v) is 9.63. The third kappa shape index (κ3) is 2.71. The molecule has 0 atom stereocenters. The lowest BCUT2D eigenvalue weighted by atomic mass is 10.1. The number of carboxylic acids is 1. The molecule has 7 heteroatoms. The Kier molecular flexibility index (Phi) is 3.51. The minimum Gasteiger partial charge on any atom is -0.478 e. The van der Waals surface area contributed by atoms with Crippen LogP contribution in [0, 0.1) is 6.92 Å². The molecule has 0 fully saturated rings. The van der Waals surface area contributed by atoms with Crippen LogP contribution in [0.15, 0.2) is 18.2 Å². The Hall–Kier alpha value is -1.60. The van der Waals surface area contributed by atoms with Gasteiger partial charge in [0.2, 0.25) is 0 Å². The summed E-state index contributed by atoms with van der Waals surface area (Å²) in [6.07, 6.45) is 0. The molecule has 0 aliphatic carbocycles. The minimum absolute atomic E-state index is 0.0660. The van der Waals surface area contributed by atoms with Gasteiger partial charge in [-0.3, -0.25) is 4.72 Å². The van der Waals surface area contributed by atoms with Crippen LogP contribution >= 0.6 is 0 Å². The van der Waals surface area contributed by atoms with Gasteiger partial charge in [-0.25, -0.2) is 9.52 Å². The highest BCUT2D eigenvalue weighted by Crippen LogP contribution is 2.19. The lowest BCUT2D eigenvalue weighted by molar-refractivity contribution is 0.0696. The SMILES string of the molecule is CNS(=O)(=O)Nc1cccc(C(=O)O)c1C. The van der Waals surface area contributed by atoms with Crippen LogP contribution < -0.4 is 9.44 Å². The minimum atomic E-state index is -3.63. The summed E-state index contributed by atoms with van der Waals surface area (Å²) >= 11 is 0. The average Bonchev–Trinajstić information content (AvgIpc) is 2.20. The molecule has 1 aromatic rings. The summed E-state index contributed by atoms with van der Waals surface area (Å²) in [5.74, 6) is -1.09. The first-order valence-electron chi connectivity index (χ1n) is 4.41. The number of nitrogens with one attached hydrogen (secondary N) is 2. The van der Waals surface area contributed by atoms with Crippen molar-refractivity contribution in [1.29, 1.82) is 0 Å². The van der Waals surface area contributed by atoms with Crippen molar-refractivity contribution in [3.63, 3.8) is 0 Å². The van der Waals surface area contributed by atoms with Crippen LogP contribution in [0.5, 0.6) is 0 Å². The van der Waals surface area contributed by atoms with Crippen molar-refractivity contribution in [2.45, 2.75) is 6.92 Å². The van der Waals surface area contributed by atoms with Gasteiger partial charge >= 0.3 is 5.97 Å². The molecule has 0 aliphatic rings. The van der Waals surface area contributed by atoms with Gasteiger partial charge in [-0.1, -0.05) is 6.07 Å². The lowest BCUT2D eigenvalue weighted by Gasteiger charge is -2.10. The average molecular weight is 244 g/mol. The largest absolute Gasteiger partial charge is 0.478 e. The van der Waals surface area contributed by atoms with Gasteiger partial charge < -0.3 is 5.11 Å². The van der Waals surface area contributed by atoms with E-state index in [1.807, 2.05) is 0 Å². The molecule has 3 N–H and O–H groups in total. The summed E-state index contributed by atoms with van der Waals surface area (Å²) in [6.45, 7) is 1.54. The first kappa shape index (κ1) is 12.5. The fourth-order valence-electron chi connectivity index (χ4n) is 1.17. The van der Waals surface area contributed by atoms with E-state index >= 15 is 0 Å². The number of carboxylic acid groups (broad SMARTS) is 1.